The summed E-state index contributed by atoms with van der Waals surface area (Å²) in [5.41, 5.74) is 1.69. The number of esters is 1. The van der Waals surface area contributed by atoms with Crippen molar-refractivity contribution in [1.29, 1.82) is 0 Å². The normalized spacial score (nSPS) is 26.0. The highest BCUT2D eigenvalue weighted by Gasteiger charge is 2.56. The molecule has 14 heteroatoms. The first-order chi connectivity index (χ1) is 19.1. The van der Waals surface area contributed by atoms with E-state index >= 15 is 0 Å². The zero-order valence-electron chi connectivity index (χ0n) is 23.4. The number of nitrogens with two attached hydrogens (primary N) is 1. The second kappa shape index (κ2) is 12.7. The molecule has 2 heterocycles. The quantitative estimate of drug-likeness (QED) is 0.216. The number of aliphatic hydroxyl groups is 2. The SMILES string of the molecule is [2H]C([2H])(O[P@@](=O)(C[C@@H](C)C(=O)OC(C)C)Oc1ccccc1)[C@H]1O[C@@H](n2ccc(N)nc2=O)C(O)(C#CCF)[C@H]1O. The molecule has 1 aliphatic heterocycles. The first kappa shape index (κ1) is 27.3. The molecule has 0 radical (unpaired) electrons. The van der Waals surface area contributed by atoms with E-state index in [9.17, 15) is 28.8 Å². The summed E-state index contributed by atoms with van der Waals surface area (Å²) >= 11 is 0. The summed E-state index contributed by atoms with van der Waals surface area (Å²) in [7, 11) is -4.61. The number of para-hydroxylation sites is 1. The van der Waals surface area contributed by atoms with E-state index < -0.39 is 74.7 Å². The highest BCUT2D eigenvalue weighted by molar-refractivity contribution is 7.54. The van der Waals surface area contributed by atoms with Gasteiger partial charge in [-0.25, -0.2) is 13.8 Å². The van der Waals surface area contributed by atoms with Crippen LogP contribution < -0.4 is 15.9 Å². The zero-order valence-corrected chi connectivity index (χ0v) is 22.3. The molecule has 2 aromatic rings. The van der Waals surface area contributed by atoms with Gasteiger partial charge < -0.3 is 29.9 Å². The number of rotatable bonds is 10. The topological polar surface area (TPSA) is 172 Å². The van der Waals surface area contributed by atoms with Gasteiger partial charge in [0.05, 0.1) is 27.5 Å². The minimum absolute atomic E-state index is 0.0200. The van der Waals surface area contributed by atoms with Crippen LogP contribution in [-0.4, -0.2) is 69.0 Å². The molecule has 0 amide bonds. The summed E-state index contributed by atoms with van der Waals surface area (Å²) in [5, 5.41) is 22.3. The van der Waals surface area contributed by atoms with Gasteiger partial charge in [-0.3, -0.25) is 13.9 Å². The Bertz CT molecular complexity index is 1400. The highest BCUT2D eigenvalue weighted by Crippen LogP contribution is 2.51. The number of halogens is 1. The van der Waals surface area contributed by atoms with Crippen LogP contribution in [0.25, 0.3) is 0 Å². The molecule has 12 nitrogen and oxygen atoms in total. The van der Waals surface area contributed by atoms with E-state index in [2.05, 4.69) is 10.9 Å². The Kier molecular flexibility index (Phi) is 8.91. The zero-order chi connectivity index (χ0) is 30.6. The van der Waals surface area contributed by atoms with Crippen LogP contribution in [0.2, 0.25) is 0 Å². The Balaban J connectivity index is 2.00. The molecule has 1 aliphatic rings. The van der Waals surface area contributed by atoms with Crippen molar-refractivity contribution in [2.75, 3.05) is 25.1 Å². The summed E-state index contributed by atoms with van der Waals surface area (Å²) in [4.78, 5) is 28.5. The first-order valence-electron chi connectivity index (χ1n) is 12.8. The lowest BCUT2D eigenvalue weighted by Crippen LogP contribution is -2.48. The van der Waals surface area contributed by atoms with E-state index in [-0.39, 0.29) is 11.6 Å². The van der Waals surface area contributed by atoms with Crippen molar-refractivity contribution < 1.29 is 45.2 Å². The number of anilines is 1. The smallest absolute Gasteiger partial charge is 0.380 e. The van der Waals surface area contributed by atoms with E-state index in [0.717, 1.165) is 12.3 Å². The second-order valence-electron chi connectivity index (χ2n) is 8.95. The Hall–Kier alpha value is -3.27. The Morgan fingerprint density at radius 2 is 2.05 bits per heavy atom. The average molecular weight is 570 g/mol. The third kappa shape index (κ3) is 7.44. The third-order valence-electron chi connectivity index (χ3n) is 5.40. The van der Waals surface area contributed by atoms with E-state index in [1.807, 2.05) is 5.92 Å². The van der Waals surface area contributed by atoms with Crippen LogP contribution >= 0.6 is 7.60 Å². The molecular formula is C25H31FN3O9P. The van der Waals surface area contributed by atoms with Crippen LogP contribution in [0.1, 0.15) is 29.7 Å². The largest absolute Gasteiger partial charge is 0.463 e. The van der Waals surface area contributed by atoms with Gasteiger partial charge in [-0.05, 0) is 32.0 Å². The van der Waals surface area contributed by atoms with Gasteiger partial charge in [-0.1, -0.05) is 37.0 Å². The molecule has 1 unspecified atom stereocenters. The maximum absolute atomic E-state index is 14.0. The fourth-order valence-corrected chi connectivity index (χ4v) is 5.32. The first-order valence-corrected chi connectivity index (χ1v) is 13.6. The van der Waals surface area contributed by atoms with Crippen molar-refractivity contribution >= 4 is 19.4 Å². The molecule has 0 saturated carbocycles. The molecule has 1 saturated heterocycles. The van der Waals surface area contributed by atoms with Gasteiger partial charge in [-0.2, -0.15) is 4.98 Å². The number of ether oxygens (including phenoxy) is 2. The summed E-state index contributed by atoms with van der Waals surface area (Å²) in [6.45, 7) is 0.146. The molecule has 3 rings (SSSR count). The number of hydrogen-bond acceptors (Lipinski definition) is 11. The Morgan fingerprint density at radius 3 is 2.67 bits per heavy atom. The van der Waals surface area contributed by atoms with Crippen LogP contribution in [0.5, 0.6) is 5.75 Å². The molecule has 6 atom stereocenters. The molecule has 1 aromatic heterocycles. The van der Waals surface area contributed by atoms with Crippen molar-refractivity contribution in [1.82, 2.24) is 9.55 Å². The molecule has 1 fully saturated rings. The standard InChI is InChI=1S/C25H31FN3O9P/c1-16(2)36-22(31)17(3)15-39(34,38-18-8-5-4-6-9-18)35-14-19-21(30)25(33,11-7-12-26)23(37-19)29-13-10-20(27)28-24(29)32/h4-6,8-10,13,16-17,19,21,23,30,33H,12,14-15H2,1-3H3,(H2,27,28,32)/t17-,19-,21+,23-,25?,39+/m1/s1/i14D2. The van der Waals surface area contributed by atoms with Gasteiger partial charge in [0, 0.05) is 6.20 Å². The number of carbonyl (C=O) groups is 1. The number of alkyl halides is 1. The average Bonchev–Trinajstić information content (AvgIpc) is 3.13. The molecule has 4 N–H and O–H groups in total. The minimum Gasteiger partial charge on any atom is -0.463 e. The molecule has 212 valence electrons. The Labute approximate surface area is 227 Å². The molecule has 0 aliphatic carbocycles. The van der Waals surface area contributed by atoms with Crippen molar-refractivity contribution in [2.45, 2.75) is 50.9 Å². The fourth-order valence-electron chi connectivity index (χ4n) is 3.60. The summed E-state index contributed by atoms with van der Waals surface area (Å²) in [6, 6.07) is 8.77. The maximum Gasteiger partial charge on any atom is 0.380 e. The maximum atomic E-state index is 14.0. The van der Waals surface area contributed by atoms with Crippen molar-refractivity contribution in [3.05, 3.63) is 53.1 Å². The number of hydrogen-bond donors (Lipinski definition) is 3. The second-order valence-corrected chi connectivity index (χ2v) is 10.9. The fraction of sp³-hybridized carbons (Fsp3) is 0.480. The molecule has 39 heavy (non-hydrogen) atoms. The summed E-state index contributed by atoms with van der Waals surface area (Å²) < 4.78 is 66.3. The summed E-state index contributed by atoms with van der Waals surface area (Å²) in [5.74, 6) is 2.02. The number of nitrogen functional groups attached to an aromatic ring is 1. The number of carbonyl (C=O) groups excluding carboxylic acids is 1. The van der Waals surface area contributed by atoms with Crippen molar-refractivity contribution in [2.24, 2.45) is 5.92 Å². The van der Waals surface area contributed by atoms with Gasteiger partial charge in [0.15, 0.2) is 11.8 Å². The van der Waals surface area contributed by atoms with Crippen LogP contribution in [0.15, 0.2) is 47.4 Å². The lowest BCUT2D eigenvalue weighted by Gasteiger charge is -2.26. The minimum atomic E-state index is -4.61. The number of aromatic nitrogens is 2. The number of aliphatic hydroxyl groups excluding tert-OH is 1. The number of benzene rings is 1. The predicted octanol–water partition coefficient (Wildman–Crippen LogP) is 1.66. The van der Waals surface area contributed by atoms with Gasteiger partial charge in [0.2, 0.25) is 0 Å². The van der Waals surface area contributed by atoms with Crippen LogP contribution in [0.4, 0.5) is 10.2 Å². The van der Waals surface area contributed by atoms with Crippen LogP contribution in [0, 0.1) is 17.8 Å². The monoisotopic (exact) mass is 569 g/mol. The number of nitrogens with zero attached hydrogens (tertiary/aromatic N) is 2. The third-order valence-corrected chi connectivity index (χ3v) is 7.26. The van der Waals surface area contributed by atoms with Crippen molar-refractivity contribution in [3.8, 4) is 17.6 Å². The lowest BCUT2D eigenvalue weighted by molar-refractivity contribution is -0.151. The lowest BCUT2D eigenvalue weighted by atomic mass is 9.94. The summed E-state index contributed by atoms with van der Waals surface area (Å²) in [6.07, 6.45) is -6.45. The van der Waals surface area contributed by atoms with Crippen molar-refractivity contribution in [3.63, 3.8) is 0 Å². The van der Waals surface area contributed by atoms with Crippen LogP contribution in [0.3, 0.4) is 0 Å². The molecule has 0 bridgehead atoms. The van der Waals surface area contributed by atoms with Gasteiger partial charge >= 0.3 is 19.3 Å². The van der Waals surface area contributed by atoms with E-state index in [1.54, 1.807) is 32.0 Å². The van der Waals surface area contributed by atoms with E-state index in [4.69, 9.17) is 27.0 Å². The van der Waals surface area contributed by atoms with E-state index in [0.29, 0.717) is 4.57 Å². The predicted molar refractivity (Wildman–Crippen MR) is 137 cm³/mol. The van der Waals surface area contributed by atoms with E-state index in [1.165, 1.54) is 19.1 Å². The van der Waals surface area contributed by atoms with Gasteiger partial charge in [0.25, 0.3) is 0 Å². The highest BCUT2D eigenvalue weighted by atomic mass is 31.2. The van der Waals surface area contributed by atoms with Gasteiger partial charge in [-0.15, -0.1) is 0 Å². The van der Waals surface area contributed by atoms with Crippen LogP contribution in [-0.2, 0) is 23.4 Å². The molecule has 0 spiro atoms. The van der Waals surface area contributed by atoms with Gasteiger partial charge in [0.1, 0.15) is 30.4 Å². The Morgan fingerprint density at radius 1 is 1.36 bits per heavy atom. The molecule has 1 aromatic carbocycles. The molecular weight excluding hydrogens is 536 g/mol.